The van der Waals surface area contributed by atoms with E-state index >= 15 is 0 Å². The van der Waals surface area contributed by atoms with Gasteiger partial charge in [-0.1, -0.05) is 11.6 Å². The van der Waals surface area contributed by atoms with Gasteiger partial charge in [0.1, 0.15) is 5.54 Å². The molecule has 1 heterocycles. The van der Waals surface area contributed by atoms with Crippen LogP contribution in [0.1, 0.15) is 12.5 Å². The maximum absolute atomic E-state index is 12.7. The van der Waals surface area contributed by atoms with Crippen molar-refractivity contribution in [2.24, 2.45) is 0 Å². The number of aryl methyl sites for hydroxylation is 1. The van der Waals surface area contributed by atoms with Gasteiger partial charge in [-0.15, -0.1) is 0 Å². The molecule has 0 unspecified atom stereocenters. The van der Waals surface area contributed by atoms with Gasteiger partial charge in [-0.25, -0.2) is 8.42 Å². The molecular formula is C17H23ClN4O5S. The lowest BCUT2D eigenvalue weighted by Crippen LogP contribution is -2.68. The first kappa shape index (κ1) is 22.1. The topological polar surface area (TPSA) is 116 Å². The second-order valence-electron chi connectivity index (χ2n) is 6.95. The molecule has 1 atom stereocenters. The fraction of sp³-hybridized carbons (Fsp3) is 0.471. The van der Waals surface area contributed by atoms with Gasteiger partial charge in [0.15, 0.2) is 0 Å². The van der Waals surface area contributed by atoms with Crippen LogP contribution in [0.15, 0.2) is 18.2 Å². The van der Waals surface area contributed by atoms with Crippen molar-refractivity contribution in [3.63, 3.8) is 0 Å². The van der Waals surface area contributed by atoms with E-state index in [0.29, 0.717) is 10.7 Å². The number of likely N-dealkylation sites (N-methyl/N-ethyl adjacent to an activating group) is 1. The molecule has 0 spiro atoms. The van der Waals surface area contributed by atoms with E-state index in [-0.39, 0.29) is 19.6 Å². The number of hydrogen-bond acceptors (Lipinski definition) is 5. The van der Waals surface area contributed by atoms with Crippen LogP contribution in [0, 0.1) is 6.92 Å². The van der Waals surface area contributed by atoms with E-state index < -0.39 is 33.3 Å². The van der Waals surface area contributed by atoms with Crippen LogP contribution >= 0.6 is 11.6 Å². The minimum Gasteiger partial charge on any atom is -0.345 e. The maximum Gasteiger partial charge on any atom is 0.247 e. The molecule has 0 aromatic heterocycles. The molecule has 1 saturated heterocycles. The lowest BCUT2D eigenvalue weighted by Gasteiger charge is -2.44. The number of carbonyl (C=O) groups excluding carboxylic acids is 3. The molecule has 2 N–H and O–H groups in total. The Kier molecular flexibility index (Phi) is 6.37. The predicted octanol–water partition coefficient (Wildman–Crippen LogP) is 0.195. The van der Waals surface area contributed by atoms with Crippen molar-refractivity contribution < 1.29 is 22.8 Å². The van der Waals surface area contributed by atoms with E-state index in [2.05, 4.69) is 10.6 Å². The zero-order valence-corrected chi connectivity index (χ0v) is 17.6. The summed E-state index contributed by atoms with van der Waals surface area (Å²) in [6.45, 7) is 2.38. The number of piperazine rings is 1. The molecule has 1 fully saturated rings. The highest BCUT2D eigenvalue weighted by Crippen LogP contribution is 2.23. The Labute approximate surface area is 169 Å². The zero-order chi connectivity index (χ0) is 21.3. The van der Waals surface area contributed by atoms with Gasteiger partial charge in [0, 0.05) is 24.3 Å². The quantitative estimate of drug-likeness (QED) is 0.692. The summed E-state index contributed by atoms with van der Waals surface area (Å²) < 4.78 is 24.6. The molecule has 0 bridgehead atoms. The summed E-state index contributed by atoms with van der Waals surface area (Å²) in [6, 6.07) is 4.97. The molecule has 0 saturated carbocycles. The van der Waals surface area contributed by atoms with Crippen LogP contribution in [0.2, 0.25) is 5.02 Å². The number of nitrogens with one attached hydrogen (secondary N) is 2. The standard InChI is InChI=1S/C17H23ClN4O5S/c1-11-7-12(18)5-6-13(11)20-14(23)8-19-16(25)17(2)10-22(28(4,26)27)9-15(24)21(17)3/h5-7H,8-10H2,1-4H3,(H,19,25)(H,20,23)/t17-/m0/s1. The molecule has 0 aliphatic carbocycles. The Bertz CT molecular complexity index is 920. The number of sulfonamides is 1. The molecule has 1 aliphatic rings. The molecule has 1 aromatic carbocycles. The lowest BCUT2D eigenvalue weighted by atomic mass is 9.96. The first-order chi connectivity index (χ1) is 12.8. The smallest absolute Gasteiger partial charge is 0.247 e. The van der Waals surface area contributed by atoms with E-state index in [0.717, 1.165) is 16.1 Å². The van der Waals surface area contributed by atoms with Gasteiger partial charge in [0.05, 0.1) is 19.3 Å². The average molecular weight is 431 g/mol. The van der Waals surface area contributed by atoms with E-state index in [9.17, 15) is 22.8 Å². The number of carbonyl (C=O) groups is 3. The van der Waals surface area contributed by atoms with Crippen LogP contribution in [-0.2, 0) is 24.4 Å². The summed E-state index contributed by atoms with van der Waals surface area (Å²) in [5.41, 5.74) is -0.113. The van der Waals surface area contributed by atoms with Gasteiger partial charge in [-0.05, 0) is 37.6 Å². The molecule has 1 aromatic rings. The van der Waals surface area contributed by atoms with Gasteiger partial charge in [-0.2, -0.15) is 4.31 Å². The van der Waals surface area contributed by atoms with Gasteiger partial charge in [0.25, 0.3) is 0 Å². The van der Waals surface area contributed by atoms with Crippen molar-refractivity contribution in [1.29, 1.82) is 0 Å². The van der Waals surface area contributed by atoms with Crippen LogP contribution < -0.4 is 10.6 Å². The molecule has 154 valence electrons. The number of benzene rings is 1. The summed E-state index contributed by atoms with van der Waals surface area (Å²) >= 11 is 5.88. The van der Waals surface area contributed by atoms with Crippen molar-refractivity contribution in [3.8, 4) is 0 Å². The number of anilines is 1. The molecular weight excluding hydrogens is 408 g/mol. The van der Waals surface area contributed by atoms with E-state index in [4.69, 9.17) is 11.6 Å². The minimum absolute atomic E-state index is 0.197. The molecule has 28 heavy (non-hydrogen) atoms. The van der Waals surface area contributed by atoms with Crippen molar-refractivity contribution in [1.82, 2.24) is 14.5 Å². The van der Waals surface area contributed by atoms with E-state index in [1.807, 2.05) is 0 Å². The summed E-state index contributed by atoms with van der Waals surface area (Å²) in [6.07, 6.45) is 0.978. The van der Waals surface area contributed by atoms with Gasteiger partial charge in [-0.3, -0.25) is 14.4 Å². The largest absolute Gasteiger partial charge is 0.345 e. The molecule has 2 rings (SSSR count). The molecule has 9 nitrogen and oxygen atoms in total. The molecule has 11 heteroatoms. The summed E-state index contributed by atoms with van der Waals surface area (Å²) in [5.74, 6) is -1.60. The third-order valence-electron chi connectivity index (χ3n) is 4.74. The van der Waals surface area contributed by atoms with Gasteiger partial charge >= 0.3 is 0 Å². The number of nitrogens with zero attached hydrogens (tertiary/aromatic N) is 2. The first-order valence-electron chi connectivity index (χ1n) is 8.40. The summed E-state index contributed by atoms with van der Waals surface area (Å²) in [4.78, 5) is 38.2. The van der Waals surface area contributed by atoms with Gasteiger partial charge < -0.3 is 15.5 Å². The highest BCUT2D eigenvalue weighted by Gasteiger charge is 2.47. The maximum atomic E-state index is 12.7. The first-order valence-corrected chi connectivity index (χ1v) is 10.6. The summed E-state index contributed by atoms with van der Waals surface area (Å²) in [5, 5.41) is 5.68. The molecule has 1 aliphatic heterocycles. The Morgan fingerprint density at radius 1 is 1.32 bits per heavy atom. The SMILES string of the molecule is Cc1cc(Cl)ccc1NC(=O)CNC(=O)[C@]1(C)CN(S(C)(=O)=O)CC(=O)N1C. The Hall–Kier alpha value is -2.17. The fourth-order valence-corrected chi connectivity index (χ4v) is 3.87. The average Bonchev–Trinajstić information content (AvgIpc) is 2.58. The number of amides is 3. The number of halogens is 1. The number of hydrogen-bond donors (Lipinski definition) is 2. The lowest BCUT2D eigenvalue weighted by molar-refractivity contribution is -0.150. The van der Waals surface area contributed by atoms with Crippen LogP contribution in [0.5, 0.6) is 0 Å². The number of rotatable bonds is 5. The van der Waals surface area contributed by atoms with Crippen molar-refractivity contribution in [3.05, 3.63) is 28.8 Å². The monoisotopic (exact) mass is 430 g/mol. The normalized spacial score (nSPS) is 20.8. The van der Waals surface area contributed by atoms with Crippen LogP contribution in [0.4, 0.5) is 5.69 Å². The van der Waals surface area contributed by atoms with Crippen molar-refractivity contribution >= 4 is 45.0 Å². The highest BCUT2D eigenvalue weighted by molar-refractivity contribution is 7.88. The van der Waals surface area contributed by atoms with Crippen LogP contribution in [-0.4, -0.2) is 73.8 Å². The Balaban J connectivity index is 2.05. The van der Waals surface area contributed by atoms with Crippen LogP contribution in [0.25, 0.3) is 0 Å². The van der Waals surface area contributed by atoms with Crippen molar-refractivity contribution in [2.75, 3.05) is 38.3 Å². The minimum atomic E-state index is -3.65. The molecule has 0 radical (unpaired) electrons. The third-order valence-corrected chi connectivity index (χ3v) is 6.17. The van der Waals surface area contributed by atoms with Crippen LogP contribution in [0.3, 0.4) is 0 Å². The second kappa shape index (κ2) is 8.06. The second-order valence-corrected chi connectivity index (χ2v) is 9.37. The molecule has 3 amide bonds. The Morgan fingerprint density at radius 3 is 2.54 bits per heavy atom. The van der Waals surface area contributed by atoms with E-state index in [1.165, 1.54) is 18.9 Å². The summed E-state index contributed by atoms with van der Waals surface area (Å²) in [7, 11) is -2.22. The Morgan fingerprint density at radius 2 is 1.96 bits per heavy atom. The fourth-order valence-electron chi connectivity index (χ4n) is 2.81. The van der Waals surface area contributed by atoms with Crippen molar-refractivity contribution in [2.45, 2.75) is 19.4 Å². The van der Waals surface area contributed by atoms with E-state index in [1.54, 1.807) is 25.1 Å². The zero-order valence-electron chi connectivity index (χ0n) is 16.1. The highest BCUT2D eigenvalue weighted by atomic mass is 35.5. The van der Waals surface area contributed by atoms with Gasteiger partial charge in [0.2, 0.25) is 27.7 Å². The predicted molar refractivity (Wildman–Crippen MR) is 105 cm³/mol. The third kappa shape index (κ3) is 4.81.